The van der Waals surface area contributed by atoms with Gasteiger partial charge in [-0.1, -0.05) is 31.3 Å². The fraction of sp³-hybridized carbons (Fsp3) is 0.433. The Morgan fingerprint density at radius 2 is 1.82 bits per heavy atom. The van der Waals surface area contributed by atoms with E-state index >= 15 is 0 Å². The number of nitrogens with zero attached hydrogens (tertiary/aromatic N) is 4. The normalized spacial score (nSPS) is 16.1. The van der Waals surface area contributed by atoms with Gasteiger partial charge < -0.3 is 19.9 Å². The Morgan fingerprint density at radius 1 is 1.07 bits per heavy atom. The van der Waals surface area contributed by atoms with Crippen LogP contribution in [0.25, 0.3) is 10.6 Å². The maximum absolute atomic E-state index is 13.2. The highest BCUT2D eigenvalue weighted by Gasteiger charge is 2.25. The summed E-state index contributed by atoms with van der Waals surface area (Å²) in [6.45, 7) is 8.20. The molecule has 210 valence electrons. The lowest BCUT2D eigenvalue weighted by Gasteiger charge is -2.31. The van der Waals surface area contributed by atoms with Crippen molar-refractivity contribution in [2.24, 2.45) is 0 Å². The Bertz CT molecular complexity index is 1380. The van der Waals surface area contributed by atoms with Gasteiger partial charge in [0.1, 0.15) is 21.5 Å². The molecular formula is C30H35N5O4S. The molecule has 0 saturated carbocycles. The van der Waals surface area contributed by atoms with Crippen molar-refractivity contribution in [1.82, 2.24) is 25.3 Å². The molecule has 3 heterocycles. The molecule has 2 saturated heterocycles. The van der Waals surface area contributed by atoms with Crippen LogP contribution in [0.2, 0.25) is 0 Å². The molecule has 2 aliphatic rings. The minimum absolute atomic E-state index is 0.0125. The van der Waals surface area contributed by atoms with E-state index in [1.54, 1.807) is 30.4 Å². The van der Waals surface area contributed by atoms with Crippen LogP contribution in [0.1, 0.15) is 73.3 Å². The van der Waals surface area contributed by atoms with Crippen molar-refractivity contribution in [3.05, 3.63) is 58.6 Å². The Kier molecular flexibility index (Phi) is 8.44. The molecule has 3 aromatic rings. The second kappa shape index (κ2) is 12.2. The van der Waals surface area contributed by atoms with E-state index in [0.717, 1.165) is 40.4 Å². The van der Waals surface area contributed by atoms with Crippen molar-refractivity contribution in [3.8, 4) is 22.1 Å². The highest BCUT2D eigenvalue weighted by atomic mass is 32.1. The molecular weight excluding hydrogens is 526 g/mol. The van der Waals surface area contributed by atoms with Gasteiger partial charge in [0.25, 0.3) is 5.91 Å². The number of aromatic nitrogens is 2. The molecule has 0 spiro atoms. The number of hydrogen-bond donors (Lipinski definition) is 1. The van der Waals surface area contributed by atoms with Crippen molar-refractivity contribution in [1.29, 1.82) is 0 Å². The number of carbonyl (C=O) groups is 3. The molecule has 0 unspecified atom stereocenters. The summed E-state index contributed by atoms with van der Waals surface area (Å²) >= 11 is 1.58. The fourth-order valence-corrected chi connectivity index (χ4v) is 5.83. The monoisotopic (exact) mass is 561 g/mol. The summed E-state index contributed by atoms with van der Waals surface area (Å²) in [5.74, 6) is 1.52. The third-order valence-corrected chi connectivity index (χ3v) is 8.67. The summed E-state index contributed by atoms with van der Waals surface area (Å²) in [5.41, 5.74) is 2.30. The van der Waals surface area contributed by atoms with E-state index in [0.29, 0.717) is 55.6 Å². The molecule has 10 heteroatoms. The predicted octanol–water partition coefficient (Wildman–Crippen LogP) is 4.98. The van der Waals surface area contributed by atoms with Crippen LogP contribution < -0.4 is 10.1 Å². The van der Waals surface area contributed by atoms with Gasteiger partial charge in [-0.15, -0.1) is 10.2 Å². The molecule has 0 aliphatic carbocycles. The van der Waals surface area contributed by atoms with Gasteiger partial charge in [0.05, 0.1) is 0 Å². The summed E-state index contributed by atoms with van der Waals surface area (Å²) in [6.07, 6.45) is 2.86. The Balaban J connectivity index is 1.33. The van der Waals surface area contributed by atoms with Crippen molar-refractivity contribution in [3.63, 3.8) is 0 Å². The molecule has 0 atom stereocenters. The molecule has 3 amide bonds. The van der Waals surface area contributed by atoms with Crippen LogP contribution in [0.4, 0.5) is 0 Å². The Morgan fingerprint density at radius 3 is 2.45 bits per heavy atom. The van der Waals surface area contributed by atoms with E-state index in [1.807, 2.05) is 40.1 Å². The number of hydrogen-bond acceptors (Lipinski definition) is 7. The fourth-order valence-electron chi connectivity index (χ4n) is 4.98. The van der Waals surface area contributed by atoms with Crippen molar-refractivity contribution in [2.45, 2.75) is 65.0 Å². The zero-order chi connectivity index (χ0) is 28.2. The van der Waals surface area contributed by atoms with Crippen LogP contribution in [0.3, 0.4) is 0 Å². The topological polar surface area (TPSA) is 105 Å². The van der Waals surface area contributed by atoms with Crippen LogP contribution in [0.15, 0.2) is 42.5 Å². The minimum atomic E-state index is -0.178. The first-order valence-corrected chi connectivity index (χ1v) is 14.7. The molecule has 2 aliphatic heterocycles. The smallest absolute Gasteiger partial charge is 0.251 e. The number of rotatable bonds is 8. The largest absolute Gasteiger partial charge is 0.457 e. The van der Waals surface area contributed by atoms with Gasteiger partial charge in [-0.25, -0.2) is 0 Å². The Hall–Kier alpha value is -3.79. The van der Waals surface area contributed by atoms with E-state index in [4.69, 9.17) is 4.74 Å². The first-order valence-electron chi connectivity index (χ1n) is 13.9. The maximum Gasteiger partial charge on any atom is 0.251 e. The molecule has 0 bridgehead atoms. The second-order valence-corrected chi connectivity index (χ2v) is 11.7. The van der Waals surface area contributed by atoms with Gasteiger partial charge in [-0.3, -0.25) is 14.4 Å². The molecule has 1 aromatic heterocycles. The van der Waals surface area contributed by atoms with Crippen LogP contribution in [-0.2, 0) is 16.1 Å². The van der Waals surface area contributed by atoms with Gasteiger partial charge in [-0.2, -0.15) is 0 Å². The zero-order valence-electron chi connectivity index (χ0n) is 23.2. The van der Waals surface area contributed by atoms with Crippen LogP contribution >= 0.6 is 11.3 Å². The number of ether oxygens (including phenoxy) is 1. The molecule has 9 nitrogen and oxygen atoms in total. The Labute approximate surface area is 238 Å². The second-order valence-electron chi connectivity index (χ2n) is 10.7. The van der Waals surface area contributed by atoms with Crippen molar-refractivity contribution in [2.75, 3.05) is 19.6 Å². The van der Waals surface area contributed by atoms with Gasteiger partial charge in [0.2, 0.25) is 11.8 Å². The average molecular weight is 562 g/mol. The van der Waals surface area contributed by atoms with Crippen LogP contribution in [-0.4, -0.2) is 63.4 Å². The summed E-state index contributed by atoms with van der Waals surface area (Å²) in [4.78, 5) is 40.7. The van der Waals surface area contributed by atoms with Gasteiger partial charge in [0.15, 0.2) is 0 Å². The van der Waals surface area contributed by atoms with Crippen molar-refractivity contribution >= 4 is 29.1 Å². The SMILES string of the molecule is CC(=O)N1CCC(NC(=O)c2ccc(CN3CCCC3=O)c(Oc3ccc(-c4nnc(C(C)C)s4)cc3)c2)CC1. The van der Waals surface area contributed by atoms with E-state index in [-0.39, 0.29) is 23.8 Å². The molecule has 0 radical (unpaired) electrons. The minimum Gasteiger partial charge on any atom is -0.457 e. The lowest BCUT2D eigenvalue weighted by Crippen LogP contribution is -2.46. The number of likely N-dealkylation sites (tertiary alicyclic amines) is 2. The summed E-state index contributed by atoms with van der Waals surface area (Å²) in [5, 5.41) is 13.6. The van der Waals surface area contributed by atoms with Gasteiger partial charge >= 0.3 is 0 Å². The standard InChI is InChI=1S/C30H35N5O4S/c1-19(2)29-32-33-30(40-29)21-8-10-25(11-9-21)39-26-17-22(6-7-23(26)18-35-14-4-5-27(35)37)28(38)31-24-12-15-34(16-13-24)20(3)36/h6-11,17,19,24H,4-5,12-16,18H2,1-3H3,(H,31,38). The maximum atomic E-state index is 13.2. The third-order valence-electron chi connectivity index (χ3n) is 7.40. The summed E-state index contributed by atoms with van der Waals surface area (Å²) in [7, 11) is 0. The lowest BCUT2D eigenvalue weighted by atomic mass is 10.0. The van der Waals surface area contributed by atoms with E-state index in [2.05, 4.69) is 29.4 Å². The first-order chi connectivity index (χ1) is 19.3. The lowest BCUT2D eigenvalue weighted by molar-refractivity contribution is -0.130. The van der Waals surface area contributed by atoms with Crippen LogP contribution in [0, 0.1) is 0 Å². The number of nitrogens with one attached hydrogen (secondary N) is 1. The first kappa shape index (κ1) is 27.8. The number of piperidine rings is 1. The van der Waals surface area contributed by atoms with Crippen LogP contribution in [0.5, 0.6) is 11.5 Å². The molecule has 40 heavy (non-hydrogen) atoms. The van der Waals surface area contributed by atoms with E-state index < -0.39 is 0 Å². The number of benzene rings is 2. The third kappa shape index (κ3) is 6.50. The predicted molar refractivity (Wildman–Crippen MR) is 153 cm³/mol. The molecule has 2 fully saturated rings. The number of carbonyl (C=O) groups excluding carboxylic acids is 3. The van der Waals surface area contributed by atoms with E-state index in [9.17, 15) is 14.4 Å². The molecule has 1 N–H and O–H groups in total. The highest BCUT2D eigenvalue weighted by Crippen LogP contribution is 2.32. The average Bonchev–Trinajstić information content (AvgIpc) is 3.60. The van der Waals surface area contributed by atoms with Gasteiger partial charge in [-0.05, 0) is 55.7 Å². The quantitative estimate of drug-likeness (QED) is 0.416. The summed E-state index contributed by atoms with van der Waals surface area (Å²) < 4.78 is 6.32. The highest BCUT2D eigenvalue weighted by molar-refractivity contribution is 7.14. The zero-order valence-corrected chi connectivity index (χ0v) is 24.0. The van der Waals surface area contributed by atoms with E-state index in [1.165, 1.54) is 0 Å². The van der Waals surface area contributed by atoms with Crippen molar-refractivity contribution < 1.29 is 19.1 Å². The molecule has 2 aromatic carbocycles. The molecule has 5 rings (SSSR count). The summed E-state index contributed by atoms with van der Waals surface area (Å²) in [6, 6.07) is 13.1. The number of amides is 3. The van der Waals surface area contributed by atoms with Gasteiger partial charge in [0, 0.05) is 68.2 Å².